The van der Waals surface area contributed by atoms with E-state index in [0.717, 1.165) is 22.6 Å². The zero-order valence-corrected chi connectivity index (χ0v) is 44.3. The van der Waals surface area contributed by atoms with Crippen LogP contribution in [-0.2, 0) is 10.8 Å². The highest BCUT2D eigenvalue weighted by Gasteiger charge is 2.53. The number of hydrogen-bond donors (Lipinski definition) is 0. The fourth-order valence-corrected chi connectivity index (χ4v) is 14.8. The van der Waals surface area contributed by atoms with Crippen LogP contribution in [-0.4, -0.2) is 0 Å². The summed E-state index contributed by atoms with van der Waals surface area (Å²) in [5, 5.41) is 2.58. The number of para-hydroxylation sites is 2. The molecule has 2 aliphatic rings. The van der Waals surface area contributed by atoms with Gasteiger partial charge in [-0.1, -0.05) is 263 Å². The number of nitrogens with zero attached hydrogens (tertiary/aromatic N) is 1. The fraction of sp³-hybridized carbons (Fsp3) is 0.0526. The van der Waals surface area contributed by atoms with Crippen LogP contribution in [0.25, 0.3) is 86.9 Å². The summed E-state index contributed by atoms with van der Waals surface area (Å²) < 4.78 is 2.59. The molecule has 0 saturated heterocycles. The highest BCUT2D eigenvalue weighted by molar-refractivity contribution is 7.26. The molecule has 0 radical (unpaired) electrons. The Bertz CT molecular complexity index is 4430. The van der Waals surface area contributed by atoms with E-state index in [9.17, 15) is 0 Å². The predicted octanol–water partition coefficient (Wildman–Crippen LogP) is 20.9. The van der Waals surface area contributed by atoms with Crippen molar-refractivity contribution >= 4 is 48.6 Å². The van der Waals surface area contributed by atoms with Crippen molar-refractivity contribution in [3.8, 4) is 66.8 Å². The first kappa shape index (κ1) is 46.0. The molecule has 0 fully saturated rings. The number of hydrogen-bond acceptors (Lipinski definition) is 2. The lowest BCUT2D eigenvalue weighted by Crippen LogP contribution is -2.40. The molecule has 2 heteroatoms. The Morgan fingerprint density at radius 2 is 0.731 bits per heavy atom. The maximum Gasteiger partial charge on any atom is 0.0719 e. The average Bonchev–Trinajstić information content (AvgIpc) is 2.61. The second-order valence-corrected chi connectivity index (χ2v) is 22.5. The molecule has 0 bridgehead atoms. The minimum atomic E-state index is -0.468. The SMILES string of the molecule is CC1(C)c2ccccc2C2(c3ccccc3-c3ccc(-c4ccc(N(c5ccccc5-c5ccccc5-c5ccccc5-c5ccccc5)c5ccccc5-c5cccc6c5sc5ccccc56)cc4)cc32)c2ccccc21. The summed E-state index contributed by atoms with van der Waals surface area (Å²) in [5.74, 6) is 0. The molecule has 1 heterocycles. The Kier molecular flexibility index (Phi) is 10.7. The molecule has 368 valence electrons. The highest BCUT2D eigenvalue weighted by atomic mass is 32.1. The summed E-state index contributed by atoms with van der Waals surface area (Å²) in [4.78, 5) is 2.51. The quantitative estimate of drug-likeness (QED) is 0.147. The molecule has 0 aliphatic heterocycles. The van der Waals surface area contributed by atoms with E-state index in [-0.39, 0.29) is 5.41 Å². The van der Waals surface area contributed by atoms with Gasteiger partial charge >= 0.3 is 0 Å². The van der Waals surface area contributed by atoms with Crippen LogP contribution in [0.15, 0.2) is 285 Å². The van der Waals surface area contributed by atoms with Gasteiger partial charge in [-0.2, -0.15) is 0 Å². The molecule has 12 aromatic carbocycles. The van der Waals surface area contributed by atoms with Gasteiger partial charge in [0.2, 0.25) is 0 Å². The molecule has 78 heavy (non-hydrogen) atoms. The summed E-state index contributed by atoms with van der Waals surface area (Å²) in [5.41, 5.74) is 25.3. The van der Waals surface area contributed by atoms with Gasteiger partial charge in [-0.25, -0.2) is 0 Å². The first-order chi connectivity index (χ1) is 38.5. The molecule has 13 aromatic rings. The average molecular weight is 1010 g/mol. The minimum Gasteiger partial charge on any atom is -0.309 e. The van der Waals surface area contributed by atoms with Crippen molar-refractivity contribution in [3.63, 3.8) is 0 Å². The predicted molar refractivity (Wildman–Crippen MR) is 331 cm³/mol. The molecular formula is C76H53NS. The fourth-order valence-electron chi connectivity index (χ4n) is 13.5. The van der Waals surface area contributed by atoms with Crippen molar-refractivity contribution < 1.29 is 0 Å². The number of rotatable bonds is 8. The van der Waals surface area contributed by atoms with Crippen molar-refractivity contribution in [2.45, 2.75) is 24.7 Å². The van der Waals surface area contributed by atoms with Gasteiger partial charge in [0.05, 0.1) is 16.8 Å². The molecule has 0 amide bonds. The first-order valence-electron chi connectivity index (χ1n) is 27.2. The van der Waals surface area contributed by atoms with Crippen molar-refractivity contribution in [3.05, 3.63) is 318 Å². The highest BCUT2D eigenvalue weighted by Crippen LogP contribution is 2.62. The second kappa shape index (κ2) is 18.2. The maximum atomic E-state index is 2.51. The van der Waals surface area contributed by atoms with Crippen LogP contribution in [0.1, 0.15) is 47.2 Å². The number of anilines is 3. The summed E-state index contributed by atoms with van der Waals surface area (Å²) >= 11 is 1.88. The van der Waals surface area contributed by atoms with E-state index in [1.54, 1.807) is 0 Å². The van der Waals surface area contributed by atoms with E-state index in [1.165, 1.54) is 115 Å². The van der Waals surface area contributed by atoms with Gasteiger partial charge in [-0.3, -0.25) is 0 Å². The molecule has 0 N–H and O–H groups in total. The zero-order valence-electron chi connectivity index (χ0n) is 43.5. The first-order valence-corrected chi connectivity index (χ1v) is 28.0. The zero-order chi connectivity index (χ0) is 52.0. The van der Waals surface area contributed by atoms with Crippen LogP contribution < -0.4 is 4.90 Å². The Morgan fingerprint density at radius 3 is 1.40 bits per heavy atom. The lowest BCUT2D eigenvalue weighted by Gasteiger charge is -2.46. The Labute approximate surface area is 460 Å². The van der Waals surface area contributed by atoms with Gasteiger partial charge in [0.1, 0.15) is 0 Å². The van der Waals surface area contributed by atoms with E-state index >= 15 is 0 Å². The molecule has 0 saturated carbocycles. The molecule has 1 spiro atoms. The van der Waals surface area contributed by atoms with E-state index in [1.807, 2.05) is 11.3 Å². The summed E-state index contributed by atoms with van der Waals surface area (Å²) in [6, 6.07) is 106. The van der Waals surface area contributed by atoms with Gasteiger partial charge in [0.15, 0.2) is 0 Å². The van der Waals surface area contributed by atoms with Crippen LogP contribution in [0.4, 0.5) is 17.1 Å². The maximum absolute atomic E-state index is 2.51. The minimum absolute atomic E-state index is 0.161. The third kappa shape index (κ3) is 6.93. The molecule has 1 nitrogen and oxygen atoms in total. The molecule has 0 atom stereocenters. The normalized spacial score (nSPS) is 13.5. The van der Waals surface area contributed by atoms with Gasteiger partial charge < -0.3 is 4.90 Å². The molecule has 0 unspecified atom stereocenters. The van der Waals surface area contributed by atoms with Crippen molar-refractivity contribution in [1.29, 1.82) is 0 Å². The smallest absolute Gasteiger partial charge is 0.0719 e. The van der Waals surface area contributed by atoms with E-state index < -0.39 is 5.41 Å². The largest absolute Gasteiger partial charge is 0.309 e. The Balaban J connectivity index is 0.923. The van der Waals surface area contributed by atoms with Crippen molar-refractivity contribution in [1.82, 2.24) is 0 Å². The van der Waals surface area contributed by atoms with Crippen molar-refractivity contribution in [2.75, 3.05) is 4.90 Å². The number of benzene rings is 12. The van der Waals surface area contributed by atoms with Crippen LogP contribution in [0.3, 0.4) is 0 Å². The lowest BCUT2D eigenvalue weighted by molar-refractivity contribution is 0.563. The molecular weight excluding hydrogens is 959 g/mol. The summed E-state index contributed by atoms with van der Waals surface area (Å²) in [6.07, 6.45) is 0. The summed E-state index contributed by atoms with van der Waals surface area (Å²) in [7, 11) is 0. The van der Waals surface area contributed by atoms with Crippen LogP contribution >= 0.6 is 11.3 Å². The van der Waals surface area contributed by atoms with Crippen LogP contribution in [0, 0.1) is 0 Å². The van der Waals surface area contributed by atoms with E-state index in [2.05, 4.69) is 304 Å². The molecule has 1 aromatic heterocycles. The molecule has 15 rings (SSSR count). The standard InChI is InChI=1S/C76H53NS/c1-75(2)66-36-15-17-38-68(66)76(69-39-18-16-37-67(69)75)65-35-14-10-29-58(65)59-48-45-52(49-70(59)76)50-43-46-53(47-44-50)77(72-41-20-12-31-61(72)63-33-22-34-64-62-32-13-21-42-73(62)78-74(63)64)71-40-19-11-30-60(71)57-28-9-8-27-56(57)55-26-7-6-25-54(55)51-23-4-3-5-24-51/h3-49H,1-2H3. The molecule has 2 aliphatic carbocycles. The van der Waals surface area contributed by atoms with Gasteiger partial charge in [0, 0.05) is 48.0 Å². The van der Waals surface area contributed by atoms with Crippen LogP contribution in [0.5, 0.6) is 0 Å². The van der Waals surface area contributed by atoms with Crippen molar-refractivity contribution in [2.24, 2.45) is 0 Å². The van der Waals surface area contributed by atoms with E-state index in [0.29, 0.717) is 0 Å². The van der Waals surface area contributed by atoms with Gasteiger partial charge in [0.25, 0.3) is 0 Å². The van der Waals surface area contributed by atoms with Gasteiger partial charge in [-0.15, -0.1) is 11.3 Å². The van der Waals surface area contributed by atoms with Gasteiger partial charge in [-0.05, 0) is 120 Å². The topological polar surface area (TPSA) is 3.24 Å². The summed E-state index contributed by atoms with van der Waals surface area (Å²) in [6.45, 7) is 4.79. The second-order valence-electron chi connectivity index (χ2n) is 21.4. The third-order valence-corrected chi connectivity index (χ3v) is 18.2. The Morgan fingerprint density at radius 1 is 0.282 bits per heavy atom. The lowest BCUT2D eigenvalue weighted by atomic mass is 9.55. The third-order valence-electron chi connectivity index (χ3n) is 17.0. The van der Waals surface area contributed by atoms with Crippen LogP contribution in [0.2, 0.25) is 0 Å². The Hall–Kier alpha value is -9.34. The number of thiophene rings is 1. The monoisotopic (exact) mass is 1010 g/mol. The number of fused-ring (bicyclic) bond motifs is 12. The van der Waals surface area contributed by atoms with E-state index in [4.69, 9.17) is 0 Å².